The molecule has 0 radical (unpaired) electrons. The summed E-state index contributed by atoms with van der Waals surface area (Å²) in [7, 11) is 3.71. The third-order valence-electron chi connectivity index (χ3n) is 2.90. The Kier molecular flexibility index (Phi) is 13.7. The van der Waals surface area contributed by atoms with Crippen LogP contribution in [0.4, 0.5) is 0 Å². The van der Waals surface area contributed by atoms with Crippen molar-refractivity contribution in [3.8, 4) is 0 Å². The number of guanidine groups is 1. The Morgan fingerprint density at radius 1 is 1.39 bits per heavy atom. The van der Waals surface area contributed by atoms with Gasteiger partial charge in [-0.2, -0.15) is 0 Å². The molecule has 0 spiro atoms. The maximum absolute atomic E-state index is 5.44. The maximum atomic E-state index is 5.44. The van der Waals surface area contributed by atoms with Gasteiger partial charge in [0.15, 0.2) is 5.96 Å². The molecule has 0 bridgehead atoms. The molecule has 1 aromatic rings. The van der Waals surface area contributed by atoms with E-state index in [2.05, 4.69) is 32.5 Å². The highest BCUT2D eigenvalue weighted by molar-refractivity contribution is 14.0. The Hall–Kier alpha value is -0.450. The SMILES string of the molecule is CCNC(=NCCCOCCOC)N(C)Cc1csc(C)n1.I. The first-order valence-electron chi connectivity index (χ1n) is 7.64. The first-order chi connectivity index (χ1) is 10.7. The number of aromatic nitrogens is 1. The van der Waals surface area contributed by atoms with E-state index in [9.17, 15) is 0 Å². The summed E-state index contributed by atoms with van der Waals surface area (Å²) in [5, 5.41) is 6.50. The fraction of sp³-hybridized carbons (Fsp3) is 0.733. The monoisotopic (exact) mass is 456 g/mol. The number of nitrogens with zero attached hydrogens (tertiary/aromatic N) is 3. The van der Waals surface area contributed by atoms with Crippen molar-refractivity contribution < 1.29 is 9.47 Å². The van der Waals surface area contributed by atoms with Gasteiger partial charge in [-0.25, -0.2) is 4.98 Å². The van der Waals surface area contributed by atoms with E-state index in [1.54, 1.807) is 18.4 Å². The lowest BCUT2D eigenvalue weighted by molar-refractivity contribution is 0.0702. The molecule has 0 aliphatic rings. The Balaban J connectivity index is 0.00000484. The molecule has 0 saturated carbocycles. The van der Waals surface area contributed by atoms with Crippen LogP contribution < -0.4 is 5.32 Å². The standard InChI is InChI=1S/C15H28N4O2S.HI/c1-5-16-15(17-7-6-8-21-10-9-20-4)19(3)11-14-12-22-13(2)18-14;/h12H,5-11H2,1-4H3,(H,16,17);1H. The molecule has 0 aliphatic carbocycles. The lowest BCUT2D eigenvalue weighted by atomic mass is 10.4. The number of hydrogen-bond acceptors (Lipinski definition) is 5. The normalized spacial score (nSPS) is 11.2. The number of nitrogens with one attached hydrogen (secondary N) is 1. The smallest absolute Gasteiger partial charge is 0.194 e. The highest BCUT2D eigenvalue weighted by atomic mass is 127. The van der Waals surface area contributed by atoms with Crippen molar-refractivity contribution in [2.24, 2.45) is 4.99 Å². The molecule has 0 atom stereocenters. The van der Waals surface area contributed by atoms with Gasteiger partial charge in [0.1, 0.15) is 0 Å². The summed E-state index contributed by atoms with van der Waals surface area (Å²) in [6, 6.07) is 0. The lowest BCUT2D eigenvalue weighted by Crippen LogP contribution is -2.38. The van der Waals surface area contributed by atoms with Gasteiger partial charge in [-0.05, 0) is 20.3 Å². The van der Waals surface area contributed by atoms with Gasteiger partial charge in [-0.3, -0.25) is 4.99 Å². The first-order valence-corrected chi connectivity index (χ1v) is 8.52. The summed E-state index contributed by atoms with van der Waals surface area (Å²) < 4.78 is 10.4. The quantitative estimate of drug-likeness (QED) is 0.254. The van der Waals surface area contributed by atoms with Gasteiger partial charge >= 0.3 is 0 Å². The second-order valence-corrected chi connectivity index (χ2v) is 5.97. The first kappa shape index (κ1) is 22.6. The zero-order valence-corrected chi connectivity index (χ0v) is 17.6. The molecular formula is C15H29IN4O2S. The number of methoxy groups -OCH3 is 1. The molecule has 134 valence electrons. The molecule has 0 aromatic carbocycles. The predicted octanol–water partition coefficient (Wildman–Crippen LogP) is 2.52. The summed E-state index contributed by atoms with van der Waals surface area (Å²) in [5.74, 6) is 0.907. The van der Waals surface area contributed by atoms with Crippen molar-refractivity contribution in [1.82, 2.24) is 15.2 Å². The van der Waals surface area contributed by atoms with Crippen molar-refractivity contribution >= 4 is 41.3 Å². The molecule has 0 aliphatic heterocycles. The van der Waals surface area contributed by atoms with Gasteiger partial charge in [0, 0.05) is 39.2 Å². The van der Waals surface area contributed by atoms with E-state index in [0.29, 0.717) is 19.8 Å². The van der Waals surface area contributed by atoms with E-state index in [-0.39, 0.29) is 24.0 Å². The second kappa shape index (κ2) is 13.9. The van der Waals surface area contributed by atoms with E-state index in [1.807, 2.05) is 14.0 Å². The molecule has 0 saturated heterocycles. The number of aryl methyl sites for hydroxylation is 1. The van der Waals surface area contributed by atoms with Crippen LogP contribution in [0.2, 0.25) is 0 Å². The molecule has 23 heavy (non-hydrogen) atoms. The van der Waals surface area contributed by atoms with Crippen LogP contribution >= 0.6 is 35.3 Å². The Labute approximate surface area is 160 Å². The molecule has 0 unspecified atom stereocenters. The number of aliphatic imine (C=N–C) groups is 1. The summed E-state index contributed by atoms with van der Waals surface area (Å²) in [5.41, 5.74) is 1.08. The van der Waals surface area contributed by atoms with E-state index in [1.165, 1.54) is 0 Å². The molecule has 1 aromatic heterocycles. The van der Waals surface area contributed by atoms with Crippen molar-refractivity contribution in [1.29, 1.82) is 0 Å². The third kappa shape index (κ3) is 10.1. The van der Waals surface area contributed by atoms with Crippen LogP contribution in [0.5, 0.6) is 0 Å². The zero-order valence-electron chi connectivity index (χ0n) is 14.5. The Bertz CT molecular complexity index is 443. The number of rotatable bonds is 10. The number of thiazole rings is 1. The number of halogens is 1. The molecule has 1 N–H and O–H groups in total. The van der Waals surface area contributed by atoms with Crippen LogP contribution in [-0.4, -0.2) is 62.9 Å². The van der Waals surface area contributed by atoms with Gasteiger partial charge in [0.2, 0.25) is 0 Å². The van der Waals surface area contributed by atoms with Crippen molar-refractivity contribution in [3.63, 3.8) is 0 Å². The zero-order chi connectivity index (χ0) is 16.2. The van der Waals surface area contributed by atoms with Crippen LogP contribution in [0.3, 0.4) is 0 Å². The van der Waals surface area contributed by atoms with Gasteiger partial charge < -0.3 is 19.7 Å². The van der Waals surface area contributed by atoms with Crippen molar-refractivity contribution in [2.45, 2.75) is 26.8 Å². The van der Waals surface area contributed by atoms with Gasteiger partial charge in [0.05, 0.1) is 30.5 Å². The second-order valence-electron chi connectivity index (χ2n) is 4.91. The highest BCUT2D eigenvalue weighted by Crippen LogP contribution is 2.09. The number of ether oxygens (including phenoxy) is 2. The summed E-state index contributed by atoms with van der Waals surface area (Å²) >= 11 is 1.68. The summed E-state index contributed by atoms with van der Waals surface area (Å²) in [4.78, 5) is 11.2. The highest BCUT2D eigenvalue weighted by Gasteiger charge is 2.08. The minimum Gasteiger partial charge on any atom is -0.382 e. The minimum atomic E-state index is 0. The maximum Gasteiger partial charge on any atom is 0.194 e. The Morgan fingerprint density at radius 2 is 2.17 bits per heavy atom. The molecular weight excluding hydrogens is 427 g/mol. The average molecular weight is 456 g/mol. The van der Waals surface area contributed by atoms with Crippen LogP contribution in [0, 0.1) is 6.92 Å². The van der Waals surface area contributed by atoms with Crippen LogP contribution in [0.15, 0.2) is 10.4 Å². The van der Waals surface area contributed by atoms with Gasteiger partial charge in [-0.15, -0.1) is 35.3 Å². The fourth-order valence-corrected chi connectivity index (χ4v) is 2.47. The van der Waals surface area contributed by atoms with Crippen molar-refractivity contribution in [2.75, 3.05) is 47.1 Å². The Morgan fingerprint density at radius 3 is 2.78 bits per heavy atom. The van der Waals surface area contributed by atoms with E-state index in [0.717, 1.165) is 42.7 Å². The lowest BCUT2D eigenvalue weighted by Gasteiger charge is -2.21. The topological polar surface area (TPSA) is 59.0 Å². The number of hydrogen-bond donors (Lipinski definition) is 1. The molecule has 6 nitrogen and oxygen atoms in total. The van der Waals surface area contributed by atoms with Crippen LogP contribution in [-0.2, 0) is 16.0 Å². The van der Waals surface area contributed by atoms with Gasteiger partial charge in [0.25, 0.3) is 0 Å². The molecule has 0 fully saturated rings. The third-order valence-corrected chi connectivity index (χ3v) is 3.72. The van der Waals surface area contributed by atoms with Crippen LogP contribution in [0.1, 0.15) is 24.0 Å². The minimum absolute atomic E-state index is 0. The fourth-order valence-electron chi connectivity index (χ4n) is 1.86. The van der Waals surface area contributed by atoms with E-state index >= 15 is 0 Å². The van der Waals surface area contributed by atoms with Crippen LogP contribution in [0.25, 0.3) is 0 Å². The van der Waals surface area contributed by atoms with Crippen molar-refractivity contribution in [3.05, 3.63) is 16.1 Å². The summed E-state index contributed by atoms with van der Waals surface area (Å²) in [6.45, 7) is 8.45. The molecule has 1 heterocycles. The van der Waals surface area contributed by atoms with E-state index < -0.39 is 0 Å². The molecule has 8 heteroatoms. The van der Waals surface area contributed by atoms with E-state index in [4.69, 9.17) is 9.47 Å². The molecule has 0 amide bonds. The average Bonchev–Trinajstić information content (AvgIpc) is 2.90. The predicted molar refractivity (Wildman–Crippen MR) is 107 cm³/mol. The summed E-state index contributed by atoms with van der Waals surface area (Å²) in [6.07, 6.45) is 0.905. The van der Waals surface area contributed by atoms with Gasteiger partial charge in [-0.1, -0.05) is 0 Å². The largest absolute Gasteiger partial charge is 0.382 e. The molecule has 1 rings (SSSR count).